The van der Waals surface area contributed by atoms with Crippen LogP contribution in [0, 0.1) is 23.7 Å². The molecule has 0 amide bonds. The Hall–Kier alpha value is -4.82. The van der Waals surface area contributed by atoms with E-state index < -0.39 is 0 Å². The number of hydrogen-bond acceptors (Lipinski definition) is 2. The summed E-state index contributed by atoms with van der Waals surface area (Å²) in [6.07, 6.45) is 13.6. The molecule has 0 N–H and O–H groups in total. The second-order valence-corrected chi connectivity index (χ2v) is 15.2. The van der Waals surface area contributed by atoms with Crippen LogP contribution in [0.2, 0.25) is 0 Å². The lowest BCUT2D eigenvalue weighted by molar-refractivity contribution is -0.0399. The minimum absolute atomic E-state index is 0.155. The van der Waals surface area contributed by atoms with E-state index in [2.05, 4.69) is 132 Å². The molecule has 234 valence electrons. The Labute approximate surface area is 282 Å². The zero-order valence-electron chi connectivity index (χ0n) is 27.2. The van der Waals surface area contributed by atoms with Gasteiger partial charge in [-0.3, -0.25) is 0 Å². The molecule has 0 aliphatic heterocycles. The van der Waals surface area contributed by atoms with Gasteiger partial charge >= 0.3 is 0 Å². The Morgan fingerprint density at radius 3 is 2.15 bits per heavy atom. The fraction of sp³-hybridized carbons (Fsp3) is 0.261. The maximum absolute atomic E-state index is 6.17. The van der Waals surface area contributed by atoms with Crippen LogP contribution in [0.1, 0.15) is 61.0 Å². The lowest BCUT2D eigenvalue weighted by Crippen LogP contribution is -2.55. The normalized spacial score (nSPS) is 25.8. The van der Waals surface area contributed by atoms with Gasteiger partial charge in [0.15, 0.2) is 0 Å². The number of aryl methyl sites for hydroxylation is 1. The van der Waals surface area contributed by atoms with Crippen molar-refractivity contribution < 1.29 is 4.42 Å². The van der Waals surface area contributed by atoms with E-state index in [9.17, 15) is 0 Å². The van der Waals surface area contributed by atoms with Crippen molar-refractivity contribution in [1.29, 1.82) is 0 Å². The van der Waals surface area contributed by atoms with E-state index in [0.29, 0.717) is 0 Å². The highest BCUT2D eigenvalue weighted by atomic mass is 16.3. The van der Waals surface area contributed by atoms with Crippen molar-refractivity contribution in [3.63, 3.8) is 0 Å². The van der Waals surface area contributed by atoms with Crippen LogP contribution in [0.15, 0.2) is 126 Å². The van der Waals surface area contributed by atoms with Crippen molar-refractivity contribution in [2.24, 2.45) is 23.7 Å². The molecule has 1 aromatic heterocycles. The number of allylic oxidation sites excluding steroid dienone is 1. The Morgan fingerprint density at radius 2 is 1.33 bits per heavy atom. The molecule has 6 aromatic rings. The number of para-hydroxylation sites is 1. The van der Waals surface area contributed by atoms with Gasteiger partial charge in [0.1, 0.15) is 11.3 Å². The van der Waals surface area contributed by atoms with Crippen LogP contribution in [0.3, 0.4) is 0 Å². The molecule has 4 bridgehead atoms. The summed E-state index contributed by atoms with van der Waals surface area (Å²) in [7, 11) is 0. The lowest BCUT2D eigenvalue weighted by Gasteiger charge is -2.61. The molecular formula is C46H39NO. The van der Waals surface area contributed by atoms with Crippen molar-refractivity contribution in [3.05, 3.63) is 144 Å². The summed E-state index contributed by atoms with van der Waals surface area (Å²) in [4.78, 5) is 2.51. The summed E-state index contributed by atoms with van der Waals surface area (Å²) in [5.74, 6) is 4.41. The quantitative estimate of drug-likeness (QED) is 0.195. The first-order valence-electron chi connectivity index (χ1n) is 18.2. The number of hydrogen-bond donors (Lipinski definition) is 0. The fourth-order valence-corrected chi connectivity index (χ4v) is 11.3. The molecular weight excluding hydrogens is 583 g/mol. The second kappa shape index (κ2) is 10.1. The van der Waals surface area contributed by atoms with E-state index >= 15 is 0 Å². The van der Waals surface area contributed by atoms with E-state index in [4.69, 9.17) is 4.42 Å². The van der Waals surface area contributed by atoms with Crippen LogP contribution in [-0.4, -0.2) is 0 Å². The van der Waals surface area contributed by atoms with Gasteiger partial charge in [0.2, 0.25) is 0 Å². The molecule has 1 spiro atoms. The van der Waals surface area contributed by atoms with Gasteiger partial charge in [0, 0.05) is 33.3 Å². The summed E-state index contributed by atoms with van der Waals surface area (Å²) >= 11 is 0. The molecule has 0 unspecified atom stereocenters. The lowest BCUT2D eigenvalue weighted by atomic mass is 9.43. The third kappa shape index (κ3) is 3.69. The largest absolute Gasteiger partial charge is 0.456 e. The standard InChI is InChI=1S/C46H39NO/c1-2-9-35(10-3-1)47(36-20-17-31(18-21-36)32-19-22-44-39(28-32)37-11-5-7-16-43(37)48-44)42-15-8-14-41-45(42)38-12-4-6-13-40(38)46(41)33-24-29-23-30(26-33)27-34(46)25-29/h1-4,6-10,12-22,28-30,33-34H,5,11,23-27H2. The molecule has 5 aromatic carbocycles. The van der Waals surface area contributed by atoms with Gasteiger partial charge in [-0.2, -0.15) is 0 Å². The third-order valence-corrected chi connectivity index (χ3v) is 12.9. The maximum atomic E-state index is 6.17. The fourth-order valence-electron chi connectivity index (χ4n) is 11.3. The van der Waals surface area contributed by atoms with Gasteiger partial charge in [-0.05, 0) is 145 Å². The SMILES string of the molecule is C1=Cc2oc3ccc(-c4ccc(N(c5ccccc5)c5cccc6c5-c5ccccc5C65C6CC7CC(C6)CC5C7)cc4)cc3c2CC1. The van der Waals surface area contributed by atoms with Gasteiger partial charge in [-0.1, -0.05) is 78.9 Å². The topological polar surface area (TPSA) is 16.4 Å². The summed E-state index contributed by atoms with van der Waals surface area (Å²) < 4.78 is 6.17. The first kappa shape index (κ1) is 27.2. The number of furan rings is 1. The molecule has 1 heterocycles. The van der Waals surface area contributed by atoms with Crippen LogP contribution in [0.25, 0.3) is 39.3 Å². The molecule has 12 rings (SSSR count). The van der Waals surface area contributed by atoms with Crippen LogP contribution in [0.4, 0.5) is 17.1 Å². The minimum Gasteiger partial charge on any atom is -0.456 e. The molecule has 6 aliphatic rings. The van der Waals surface area contributed by atoms with Gasteiger partial charge in [-0.25, -0.2) is 0 Å². The summed E-state index contributed by atoms with van der Waals surface area (Å²) in [5, 5.41) is 1.25. The van der Waals surface area contributed by atoms with Gasteiger partial charge in [0.25, 0.3) is 0 Å². The van der Waals surface area contributed by atoms with Crippen LogP contribution in [0.5, 0.6) is 0 Å². The van der Waals surface area contributed by atoms with Crippen molar-refractivity contribution in [2.75, 3.05) is 4.90 Å². The highest BCUT2D eigenvalue weighted by molar-refractivity contribution is 5.96. The van der Waals surface area contributed by atoms with Gasteiger partial charge < -0.3 is 9.32 Å². The van der Waals surface area contributed by atoms with Crippen LogP contribution < -0.4 is 4.90 Å². The van der Waals surface area contributed by atoms with Gasteiger partial charge in [0.05, 0.1) is 5.69 Å². The number of rotatable bonds is 4. The van der Waals surface area contributed by atoms with Crippen molar-refractivity contribution >= 4 is 34.1 Å². The van der Waals surface area contributed by atoms with E-state index in [1.807, 2.05) is 0 Å². The van der Waals surface area contributed by atoms with E-state index in [0.717, 1.165) is 47.9 Å². The Morgan fingerprint density at radius 1 is 0.625 bits per heavy atom. The van der Waals surface area contributed by atoms with Crippen molar-refractivity contribution in [2.45, 2.75) is 50.4 Å². The highest BCUT2D eigenvalue weighted by Gasteiger charge is 2.61. The average molecular weight is 622 g/mol. The Balaban J connectivity index is 1.06. The Kier molecular flexibility index (Phi) is 5.71. The zero-order chi connectivity index (χ0) is 31.4. The molecule has 2 nitrogen and oxygen atoms in total. The molecule has 48 heavy (non-hydrogen) atoms. The second-order valence-electron chi connectivity index (χ2n) is 15.2. The number of benzene rings is 5. The van der Waals surface area contributed by atoms with Crippen LogP contribution in [-0.2, 0) is 11.8 Å². The average Bonchev–Trinajstić information content (AvgIpc) is 3.65. The van der Waals surface area contributed by atoms with Gasteiger partial charge in [-0.15, -0.1) is 0 Å². The first-order chi connectivity index (χ1) is 23.8. The maximum Gasteiger partial charge on any atom is 0.135 e. The Bertz CT molecular complexity index is 2230. The molecule has 0 atom stereocenters. The first-order valence-corrected chi connectivity index (χ1v) is 18.2. The molecule has 6 aliphatic carbocycles. The minimum atomic E-state index is 0.155. The van der Waals surface area contributed by atoms with E-state index in [1.54, 1.807) is 11.1 Å². The predicted octanol–water partition coefficient (Wildman–Crippen LogP) is 12.3. The molecule has 0 radical (unpaired) electrons. The van der Waals surface area contributed by atoms with Crippen molar-refractivity contribution in [3.8, 4) is 22.3 Å². The number of anilines is 3. The number of nitrogens with zero attached hydrogens (tertiary/aromatic N) is 1. The summed E-state index contributed by atoms with van der Waals surface area (Å²) in [5.41, 5.74) is 14.7. The summed E-state index contributed by atoms with van der Waals surface area (Å²) in [6, 6.07) is 43.6. The zero-order valence-corrected chi connectivity index (χ0v) is 27.2. The third-order valence-electron chi connectivity index (χ3n) is 12.9. The molecule has 2 heteroatoms. The smallest absolute Gasteiger partial charge is 0.135 e. The molecule has 4 saturated carbocycles. The molecule has 4 fully saturated rings. The van der Waals surface area contributed by atoms with E-state index in [1.165, 1.54) is 82.4 Å². The highest BCUT2D eigenvalue weighted by Crippen LogP contribution is 2.70. The van der Waals surface area contributed by atoms with Crippen LogP contribution >= 0.6 is 0 Å². The predicted molar refractivity (Wildman–Crippen MR) is 197 cm³/mol. The summed E-state index contributed by atoms with van der Waals surface area (Å²) in [6.45, 7) is 0. The van der Waals surface area contributed by atoms with E-state index in [-0.39, 0.29) is 5.41 Å². The monoisotopic (exact) mass is 621 g/mol. The number of fused-ring (bicyclic) bond motifs is 6. The van der Waals surface area contributed by atoms with Crippen molar-refractivity contribution in [1.82, 2.24) is 0 Å². The molecule has 0 saturated heterocycles.